The van der Waals surface area contributed by atoms with E-state index in [-0.39, 0.29) is 30.1 Å². The molecule has 1 aliphatic carbocycles. The SMILES string of the molecule is O=C(c1cc(C2CC2)no1)N1C[C@H](O)C[C@@H]1c1cccc(F)c1. The fourth-order valence-electron chi connectivity index (χ4n) is 3.17. The van der Waals surface area contributed by atoms with Crippen molar-refractivity contribution in [3.8, 4) is 0 Å². The zero-order chi connectivity index (χ0) is 16.0. The molecule has 6 heteroatoms. The summed E-state index contributed by atoms with van der Waals surface area (Å²) in [5.41, 5.74) is 1.49. The van der Waals surface area contributed by atoms with Crippen molar-refractivity contribution in [2.45, 2.75) is 37.3 Å². The molecule has 1 saturated heterocycles. The fourth-order valence-corrected chi connectivity index (χ4v) is 3.17. The quantitative estimate of drug-likeness (QED) is 0.945. The van der Waals surface area contributed by atoms with Gasteiger partial charge in [0.2, 0.25) is 5.76 Å². The number of carbonyl (C=O) groups is 1. The van der Waals surface area contributed by atoms with Gasteiger partial charge in [0.15, 0.2) is 0 Å². The van der Waals surface area contributed by atoms with Crippen LogP contribution in [0.4, 0.5) is 4.39 Å². The molecule has 1 aromatic carbocycles. The van der Waals surface area contributed by atoms with E-state index in [9.17, 15) is 14.3 Å². The molecule has 5 nitrogen and oxygen atoms in total. The van der Waals surface area contributed by atoms with Gasteiger partial charge in [0.1, 0.15) is 5.82 Å². The van der Waals surface area contributed by atoms with Gasteiger partial charge < -0.3 is 14.5 Å². The van der Waals surface area contributed by atoms with Crippen molar-refractivity contribution < 1.29 is 18.8 Å². The molecule has 120 valence electrons. The smallest absolute Gasteiger partial charge is 0.293 e. The number of nitrogens with zero attached hydrogens (tertiary/aromatic N) is 2. The molecule has 1 saturated carbocycles. The fraction of sp³-hybridized carbons (Fsp3) is 0.412. The minimum Gasteiger partial charge on any atom is -0.391 e. The number of amides is 1. The Morgan fingerprint density at radius 2 is 2.17 bits per heavy atom. The Morgan fingerprint density at radius 3 is 2.91 bits per heavy atom. The summed E-state index contributed by atoms with van der Waals surface area (Å²) in [6, 6.07) is 7.47. The van der Waals surface area contributed by atoms with Crippen molar-refractivity contribution in [2.75, 3.05) is 6.54 Å². The lowest BCUT2D eigenvalue weighted by molar-refractivity contribution is 0.0673. The van der Waals surface area contributed by atoms with Crippen molar-refractivity contribution in [3.63, 3.8) is 0 Å². The molecule has 0 spiro atoms. The highest BCUT2D eigenvalue weighted by atomic mass is 19.1. The molecule has 0 unspecified atom stereocenters. The number of carbonyl (C=O) groups excluding carboxylic acids is 1. The third-order valence-corrected chi connectivity index (χ3v) is 4.51. The molecule has 4 rings (SSSR count). The number of aliphatic hydroxyl groups excluding tert-OH is 1. The van der Waals surface area contributed by atoms with Gasteiger partial charge in [-0.1, -0.05) is 17.3 Å². The zero-order valence-corrected chi connectivity index (χ0v) is 12.5. The second-order valence-electron chi connectivity index (χ2n) is 6.31. The first-order chi connectivity index (χ1) is 11.1. The van der Waals surface area contributed by atoms with Crippen molar-refractivity contribution >= 4 is 5.91 Å². The molecule has 23 heavy (non-hydrogen) atoms. The van der Waals surface area contributed by atoms with E-state index in [1.165, 1.54) is 17.0 Å². The predicted molar refractivity (Wildman–Crippen MR) is 79.3 cm³/mol. The average molecular weight is 316 g/mol. The normalized spacial score (nSPS) is 24.2. The van der Waals surface area contributed by atoms with Crippen LogP contribution in [-0.2, 0) is 0 Å². The van der Waals surface area contributed by atoms with Gasteiger partial charge in [-0.15, -0.1) is 0 Å². The number of hydrogen-bond donors (Lipinski definition) is 1. The molecule has 0 radical (unpaired) electrons. The number of aliphatic hydroxyl groups is 1. The summed E-state index contributed by atoms with van der Waals surface area (Å²) in [4.78, 5) is 14.2. The molecule has 2 heterocycles. The van der Waals surface area contributed by atoms with Gasteiger partial charge in [-0.3, -0.25) is 4.79 Å². The predicted octanol–water partition coefficient (Wildman–Crippen LogP) is 2.64. The lowest BCUT2D eigenvalue weighted by atomic mass is 10.0. The molecule has 1 N–H and O–H groups in total. The largest absolute Gasteiger partial charge is 0.391 e. The summed E-state index contributed by atoms with van der Waals surface area (Å²) in [5.74, 6) is -0.0759. The van der Waals surface area contributed by atoms with Gasteiger partial charge >= 0.3 is 0 Å². The lowest BCUT2D eigenvalue weighted by Gasteiger charge is -2.23. The van der Waals surface area contributed by atoms with E-state index in [0.29, 0.717) is 17.9 Å². The van der Waals surface area contributed by atoms with Crippen molar-refractivity contribution in [3.05, 3.63) is 53.2 Å². The number of aromatic nitrogens is 1. The number of β-amino-alcohol motifs (C(OH)–C–C–N with tert-alkyl or cyclic N) is 1. The Kier molecular flexibility index (Phi) is 3.41. The van der Waals surface area contributed by atoms with Gasteiger partial charge in [-0.05, 0) is 37.0 Å². The Labute approximate surface area is 132 Å². The Morgan fingerprint density at radius 1 is 1.35 bits per heavy atom. The Bertz CT molecular complexity index is 741. The van der Waals surface area contributed by atoms with Crippen LogP contribution in [-0.4, -0.2) is 33.7 Å². The first kappa shape index (κ1) is 14.4. The van der Waals surface area contributed by atoms with Crippen LogP contribution in [0.15, 0.2) is 34.9 Å². The van der Waals surface area contributed by atoms with Crippen LogP contribution in [0.25, 0.3) is 0 Å². The highest BCUT2D eigenvalue weighted by Gasteiger charge is 2.38. The Hall–Kier alpha value is -2.21. The van der Waals surface area contributed by atoms with Crippen molar-refractivity contribution in [2.24, 2.45) is 0 Å². The van der Waals surface area contributed by atoms with Crippen LogP contribution in [0.5, 0.6) is 0 Å². The monoisotopic (exact) mass is 316 g/mol. The van der Waals surface area contributed by atoms with Crippen LogP contribution < -0.4 is 0 Å². The van der Waals surface area contributed by atoms with Crippen LogP contribution in [0.1, 0.15) is 53.0 Å². The van der Waals surface area contributed by atoms with Gasteiger partial charge in [0.25, 0.3) is 5.91 Å². The zero-order valence-electron chi connectivity index (χ0n) is 12.5. The first-order valence-corrected chi connectivity index (χ1v) is 7.83. The second kappa shape index (κ2) is 5.45. The first-order valence-electron chi connectivity index (χ1n) is 7.83. The molecular formula is C17H17FN2O3. The van der Waals surface area contributed by atoms with E-state index in [0.717, 1.165) is 18.5 Å². The van der Waals surface area contributed by atoms with Gasteiger partial charge in [0, 0.05) is 18.5 Å². The van der Waals surface area contributed by atoms with Gasteiger partial charge in [-0.25, -0.2) is 4.39 Å². The van der Waals surface area contributed by atoms with Crippen LogP contribution >= 0.6 is 0 Å². The Balaban J connectivity index is 1.60. The number of hydrogen-bond acceptors (Lipinski definition) is 4. The third-order valence-electron chi connectivity index (χ3n) is 4.51. The number of rotatable bonds is 3. The molecule has 2 atom stereocenters. The molecule has 1 aliphatic heterocycles. The van der Waals surface area contributed by atoms with Crippen LogP contribution in [0.2, 0.25) is 0 Å². The van der Waals surface area contributed by atoms with Gasteiger partial charge in [0.05, 0.1) is 17.8 Å². The van der Waals surface area contributed by atoms with E-state index >= 15 is 0 Å². The maximum Gasteiger partial charge on any atom is 0.293 e. The van der Waals surface area contributed by atoms with E-state index in [1.54, 1.807) is 18.2 Å². The second-order valence-corrected chi connectivity index (χ2v) is 6.31. The third kappa shape index (κ3) is 2.74. The summed E-state index contributed by atoms with van der Waals surface area (Å²) < 4.78 is 18.7. The standard InChI is InChI=1S/C17H17FN2O3/c18-12-3-1-2-11(6-12)15-7-13(21)9-20(15)17(22)16-8-14(19-23-16)10-4-5-10/h1-3,6,8,10,13,15,21H,4-5,7,9H2/t13-,15-/m1/s1. The molecule has 2 aliphatic rings. The molecule has 1 amide bonds. The molecule has 1 aromatic heterocycles. The summed E-state index contributed by atoms with van der Waals surface area (Å²) in [6.45, 7) is 0.208. The number of likely N-dealkylation sites (tertiary alicyclic amines) is 1. The maximum atomic E-state index is 13.5. The molecule has 0 bridgehead atoms. The minimum atomic E-state index is -0.627. The molecular weight excluding hydrogens is 299 g/mol. The van der Waals surface area contributed by atoms with Crippen molar-refractivity contribution in [1.82, 2.24) is 10.1 Å². The lowest BCUT2D eigenvalue weighted by Crippen LogP contribution is -2.31. The van der Waals surface area contributed by atoms with E-state index in [2.05, 4.69) is 5.16 Å². The average Bonchev–Trinajstić information content (AvgIpc) is 3.13. The minimum absolute atomic E-state index is 0.183. The maximum absolute atomic E-state index is 13.5. The van der Waals surface area contributed by atoms with Crippen LogP contribution in [0.3, 0.4) is 0 Å². The highest BCUT2D eigenvalue weighted by Crippen LogP contribution is 2.40. The number of benzene rings is 1. The molecule has 2 fully saturated rings. The van der Waals surface area contributed by atoms with E-state index in [1.807, 2.05) is 0 Å². The van der Waals surface area contributed by atoms with E-state index in [4.69, 9.17) is 4.52 Å². The topological polar surface area (TPSA) is 66.6 Å². The number of halogens is 1. The highest BCUT2D eigenvalue weighted by molar-refractivity contribution is 5.92. The molecule has 2 aromatic rings. The van der Waals surface area contributed by atoms with E-state index < -0.39 is 6.10 Å². The summed E-state index contributed by atoms with van der Waals surface area (Å²) in [6.07, 6.45) is 1.92. The summed E-state index contributed by atoms with van der Waals surface area (Å²) in [5, 5.41) is 13.9. The van der Waals surface area contributed by atoms with Crippen molar-refractivity contribution in [1.29, 1.82) is 0 Å². The van der Waals surface area contributed by atoms with Gasteiger partial charge in [-0.2, -0.15) is 0 Å². The van der Waals surface area contributed by atoms with Crippen LogP contribution in [0, 0.1) is 5.82 Å². The summed E-state index contributed by atoms with van der Waals surface area (Å²) in [7, 11) is 0. The summed E-state index contributed by atoms with van der Waals surface area (Å²) >= 11 is 0.